The number of amides is 1. The Labute approximate surface area is 297 Å². The average molecular weight is 723 g/mol. The molecule has 2 atom stereocenters. The maximum atomic E-state index is 13.9. The molecule has 2 unspecified atom stereocenters. The summed E-state index contributed by atoms with van der Waals surface area (Å²) in [5, 5.41) is 3.40. The molecule has 1 heterocycles. The number of esters is 1. The van der Waals surface area contributed by atoms with Gasteiger partial charge in [-0.2, -0.15) is 0 Å². The molecule has 5 rings (SSSR count). The minimum atomic E-state index is -4.00. The van der Waals surface area contributed by atoms with E-state index >= 15 is 0 Å². The quantitative estimate of drug-likeness (QED) is 0.109. The molecular weight excluding hydrogens is 678 g/mol. The van der Waals surface area contributed by atoms with Gasteiger partial charge in [0.05, 0.1) is 24.1 Å². The Balaban J connectivity index is 1.53. The lowest BCUT2D eigenvalue weighted by atomic mass is 9.92. The number of rotatable bonds is 13. The number of hydrogen-bond donors (Lipinski definition) is 1. The number of carbonyl (C=O) groups excluding carboxylic acids is 3. The molecule has 51 heavy (non-hydrogen) atoms. The van der Waals surface area contributed by atoms with Crippen LogP contribution >= 0.6 is 0 Å². The van der Waals surface area contributed by atoms with Gasteiger partial charge in [0.1, 0.15) is 29.4 Å². The predicted molar refractivity (Wildman–Crippen MR) is 193 cm³/mol. The lowest BCUT2D eigenvalue weighted by Gasteiger charge is -2.24. The van der Waals surface area contributed by atoms with Crippen LogP contribution in [0.3, 0.4) is 0 Å². The minimum absolute atomic E-state index is 0.0908. The summed E-state index contributed by atoms with van der Waals surface area (Å²) in [5.74, 6) is -0.933. The lowest BCUT2D eigenvalue weighted by molar-refractivity contribution is -0.156. The number of benzene rings is 3. The van der Waals surface area contributed by atoms with Crippen molar-refractivity contribution in [2.45, 2.75) is 65.4 Å². The van der Waals surface area contributed by atoms with Crippen molar-refractivity contribution in [3.05, 3.63) is 77.6 Å². The van der Waals surface area contributed by atoms with Crippen LogP contribution in [0.2, 0.25) is 0 Å². The van der Waals surface area contributed by atoms with Crippen molar-refractivity contribution in [3.63, 3.8) is 0 Å². The molecule has 0 bridgehead atoms. The molecule has 4 aromatic rings. The Morgan fingerprint density at radius 3 is 2.35 bits per heavy atom. The largest absolute Gasteiger partial charge is 0.460 e. The van der Waals surface area contributed by atoms with Crippen molar-refractivity contribution in [1.82, 2.24) is 5.32 Å². The average Bonchev–Trinajstić information content (AvgIpc) is 3.67. The number of halogens is 2. The smallest absolute Gasteiger partial charge is 0.306 e. The molecule has 0 spiro atoms. The van der Waals surface area contributed by atoms with E-state index in [-0.39, 0.29) is 64.9 Å². The van der Waals surface area contributed by atoms with Crippen molar-refractivity contribution in [3.8, 4) is 22.5 Å². The number of Topliss-reactive ketones (excluding diaryl/α,β-unsaturated/α-hetero) is 1. The number of ketones is 1. The molecule has 9 nitrogen and oxygen atoms in total. The number of alkyl halides is 1. The van der Waals surface area contributed by atoms with Crippen molar-refractivity contribution >= 4 is 44.3 Å². The van der Waals surface area contributed by atoms with Crippen molar-refractivity contribution < 1.29 is 40.7 Å². The summed E-state index contributed by atoms with van der Waals surface area (Å²) in [5.41, 5.74) is 1.50. The molecular formula is C39H44F2N2O7S. The van der Waals surface area contributed by atoms with E-state index in [1.54, 1.807) is 37.3 Å². The molecule has 0 aliphatic heterocycles. The maximum Gasteiger partial charge on any atom is 0.306 e. The first-order chi connectivity index (χ1) is 24.1. The van der Waals surface area contributed by atoms with Gasteiger partial charge in [0.25, 0.3) is 5.91 Å². The van der Waals surface area contributed by atoms with Gasteiger partial charge in [0.15, 0.2) is 5.78 Å². The Morgan fingerprint density at radius 1 is 1.00 bits per heavy atom. The lowest BCUT2D eigenvalue weighted by Crippen LogP contribution is -2.32. The van der Waals surface area contributed by atoms with Crippen molar-refractivity contribution in [1.29, 1.82) is 0 Å². The van der Waals surface area contributed by atoms with E-state index in [4.69, 9.17) is 9.15 Å². The Kier molecular flexibility index (Phi) is 11.3. The molecule has 1 aliphatic carbocycles. The molecule has 0 radical (unpaired) electrons. The molecule has 272 valence electrons. The number of furan rings is 1. The summed E-state index contributed by atoms with van der Waals surface area (Å²) in [4.78, 5) is 39.4. The van der Waals surface area contributed by atoms with Gasteiger partial charge in [-0.05, 0) is 93.5 Å². The fourth-order valence-corrected chi connectivity index (χ4v) is 7.68. The second-order valence-electron chi connectivity index (χ2n) is 14.0. The number of ether oxygens (including phenoxy) is 1. The molecule has 1 amide bonds. The third kappa shape index (κ3) is 8.84. The zero-order valence-corrected chi connectivity index (χ0v) is 30.4. The van der Waals surface area contributed by atoms with Crippen LogP contribution in [0.4, 0.5) is 14.5 Å². The van der Waals surface area contributed by atoms with Crippen molar-refractivity contribution in [2.75, 3.05) is 30.3 Å². The first-order valence-corrected chi connectivity index (χ1v) is 19.0. The highest BCUT2D eigenvalue weighted by molar-refractivity contribution is 7.92. The zero-order valence-electron chi connectivity index (χ0n) is 29.6. The fraction of sp³-hybridized carbons (Fsp3) is 0.410. The first-order valence-electron chi connectivity index (χ1n) is 17.1. The second-order valence-corrected chi connectivity index (χ2v) is 15.9. The molecule has 1 N–H and O–H groups in total. The SMILES string of the molecule is CCC(=O)c1c(-c2ccc(F)cc2)oc2cc(N(CCF)S(C)(=O)=O)c(-c3cccc(C(=O)NCC4CCCC4CC(=O)OC(C)(C)C)c3)cc12. The predicted octanol–water partition coefficient (Wildman–Crippen LogP) is 8.11. The molecule has 1 fully saturated rings. The topological polar surface area (TPSA) is 123 Å². The van der Waals surface area contributed by atoms with Gasteiger partial charge >= 0.3 is 5.97 Å². The highest BCUT2D eigenvalue weighted by Crippen LogP contribution is 2.42. The molecule has 0 saturated heterocycles. The van der Waals surface area contributed by atoms with Crippen LogP contribution < -0.4 is 9.62 Å². The summed E-state index contributed by atoms with van der Waals surface area (Å²) in [6.45, 7) is 6.11. The van der Waals surface area contributed by atoms with Gasteiger partial charge in [-0.3, -0.25) is 18.7 Å². The van der Waals surface area contributed by atoms with Gasteiger partial charge < -0.3 is 14.5 Å². The Morgan fingerprint density at radius 2 is 1.71 bits per heavy atom. The van der Waals surface area contributed by atoms with E-state index in [0.29, 0.717) is 34.2 Å². The number of nitrogens with zero attached hydrogens (tertiary/aromatic N) is 1. The van der Waals surface area contributed by atoms with E-state index in [9.17, 15) is 31.6 Å². The van der Waals surface area contributed by atoms with E-state index in [1.165, 1.54) is 30.3 Å². The molecule has 1 saturated carbocycles. The van der Waals surface area contributed by atoms with Crippen LogP contribution in [0.5, 0.6) is 0 Å². The van der Waals surface area contributed by atoms with Gasteiger partial charge in [0.2, 0.25) is 10.0 Å². The molecule has 1 aromatic heterocycles. The summed E-state index contributed by atoms with van der Waals surface area (Å²) >= 11 is 0. The van der Waals surface area contributed by atoms with E-state index in [0.717, 1.165) is 29.8 Å². The zero-order chi connectivity index (χ0) is 37.1. The van der Waals surface area contributed by atoms with Gasteiger partial charge in [-0.1, -0.05) is 25.5 Å². The minimum Gasteiger partial charge on any atom is -0.460 e. The summed E-state index contributed by atoms with van der Waals surface area (Å²) in [7, 11) is -4.00. The van der Waals surface area contributed by atoms with E-state index < -0.39 is 34.7 Å². The monoisotopic (exact) mass is 722 g/mol. The standard InChI is InChI=1S/C39H44F2N2O7S/c1-6-33(44)36-31-21-30(32(43(18-17-40)51(5,47)48)22-34(31)49-37(36)24-13-15-29(41)16-14-24)26-10-8-11-27(19-26)38(46)42-23-28-12-7-9-25(28)20-35(45)50-39(2,3)4/h8,10-11,13-16,19,21-22,25,28H,6-7,9,12,17-18,20,23H2,1-5H3,(H,42,46). The maximum absolute atomic E-state index is 13.9. The Bertz CT molecular complexity index is 2030. The van der Waals surface area contributed by atoms with E-state index in [2.05, 4.69) is 5.32 Å². The van der Waals surface area contributed by atoms with Crippen LogP contribution in [0.15, 0.2) is 65.1 Å². The van der Waals surface area contributed by atoms with Crippen LogP contribution in [0.1, 0.15) is 80.5 Å². The highest BCUT2D eigenvalue weighted by atomic mass is 32.2. The number of hydrogen-bond acceptors (Lipinski definition) is 7. The fourth-order valence-electron chi connectivity index (χ4n) is 6.77. The van der Waals surface area contributed by atoms with Crippen LogP contribution in [0.25, 0.3) is 33.4 Å². The number of fused-ring (bicyclic) bond motifs is 1. The van der Waals surface area contributed by atoms with E-state index in [1.807, 2.05) is 20.8 Å². The number of carbonyl (C=O) groups is 3. The van der Waals surface area contributed by atoms with Crippen LogP contribution in [-0.4, -0.2) is 57.7 Å². The van der Waals surface area contributed by atoms with Crippen LogP contribution in [0, 0.1) is 17.7 Å². The third-order valence-electron chi connectivity index (χ3n) is 9.10. The van der Waals surface area contributed by atoms with Gasteiger partial charge in [-0.25, -0.2) is 17.2 Å². The van der Waals surface area contributed by atoms with Crippen molar-refractivity contribution in [2.24, 2.45) is 11.8 Å². The van der Waals surface area contributed by atoms with Gasteiger partial charge in [0, 0.05) is 47.5 Å². The normalized spacial score (nSPS) is 16.3. The molecule has 3 aromatic carbocycles. The van der Waals surface area contributed by atoms with Crippen LogP contribution in [-0.2, 0) is 19.6 Å². The Hall–Kier alpha value is -4.58. The summed E-state index contributed by atoms with van der Waals surface area (Å²) in [6.07, 6.45) is 4.08. The number of nitrogens with one attached hydrogen (secondary N) is 1. The highest BCUT2D eigenvalue weighted by Gasteiger charge is 2.32. The molecule has 1 aliphatic rings. The number of sulfonamides is 1. The number of anilines is 1. The third-order valence-corrected chi connectivity index (χ3v) is 10.3. The first kappa shape index (κ1) is 37.7. The summed E-state index contributed by atoms with van der Waals surface area (Å²) < 4.78 is 66.3. The summed E-state index contributed by atoms with van der Waals surface area (Å²) in [6, 6.07) is 15.2. The second kappa shape index (κ2) is 15.3. The van der Waals surface area contributed by atoms with Gasteiger partial charge in [-0.15, -0.1) is 0 Å². The molecule has 12 heteroatoms.